The van der Waals surface area contributed by atoms with E-state index in [2.05, 4.69) is 10.3 Å². The lowest BCUT2D eigenvalue weighted by Gasteiger charge is -2.36. The number of nitrogens with zero attached hydrogens (tertiary/aromatic N) is 2. The number of rotatable bonds is 1. The van der Waals surface area contributed by atoms with Crippen molar-refractivity contribution in [2.75, 3.05) is 5.32 Å². The van der Waals surface area contributed by atoms with Crippen LogP contribution in [0.3, 0.4) is 0 Å². The van der Waals surface area contributed by atoms with Gasteiger partial charge in [0.1, 0.15) is 5.82 Å². The van der Waals surface area contributed by atoms with E-state index in [1.54, 1.807) is 23.1 Å². The third kappa shape index (κ3) is 2.34. The van der Waals surface area contributed by atoms with Crippen LogP contribution in [0, 0.1) is 11.8 Å². The number of halogens is 2. The largest absolute Gasteiger partial charge is 0.322 e. The van der Waals surface area contributed by atoms with Gasteiger partial charge in [-0.3, -0.25) is 0 Å². The molecule has 0 radical (unpaired) electrons. The number of aromatic nitrogens is 1. The fourth-order valence-corrected chi connectivity index (χ4v) is 3.68. The normalized spacial score (nSPS) is 21.9. The van der Waals surface area contributed by atoms with Crippen LogP contribution in [-0.4, -0.2) is 22.0 Å². The average molecular weight is 315 g/mol. The number of urea groups is 1. The maximum atomic E-state index is 13.9. The van der Waals surface area contributed by atoms with E-state index in [0.29, 0.717) is 17.7 Å². The molecule has 2 aromatic rings. The van der Waals surface area contributed by atoms with Gasteiger partial charge in [-0.2, -0.15) is 4.39 Å². The first-order chi connectivity index (χ1) is 11.1. The molecule has 1 aromatic carbocycles. The molecule has 4 nitrogen and oxygen atoms in total. The molecular formula is C17H15F2N3O. The molecule has 2 aliphatic rings. The Balaban J connectivity index is 1.62. The summed E-state index contributed by atoms with van der Waals surface area (Å²) in [6, 6.07) is 7.12. The number of anilines is 1. The first kappa shape index (κ1) is 14.1. The molecule has 0 spiro atoms. The van der Waals surface area contributed by atoms with Gasteiger partial charge in [-0.1, -0.05) is 6.07 Å². The predicted molar refractivity (Wildman–Crippen MR) is 80.9 cm³/mol. The molecule has 4 rings (SSSR count). The first-order valence-corrected chi connectivity index (χ1v) is 7.61. The summed E-state index contributed by atoms with van der Waals surface area (Å²) >= 11 is 0. The molecule has 1 fully saturated rings. The SMILES string of the molecule is O=C(Nc1cccc(F)c1)N1[C@H]2CC[C@@H]1c1ccnc(F)c1C2. The van der Waals surface area contributed by atoms with Crippen LogP contribution in [0.4, 0.5) is 19.3 Å². The number of carbonyl (C=O) groups is 1. The zero-order valence-corrected chi connectivity index (χ0v) is 12.3. The van der Waals surface area contributed by atoms with Crippen molar-refractivity contribution in [3.63, 3.8) is 0 Å². The molecule has 0 aliphatic carbocycles. The number of hydrogen-bond donors (Lipinski definition) is 1. The number of carbonyl (C=O) groups excluding carboxylic acids is 1. The highest BCUT2D eigenvalue weighted by atomic mass is 19.1. The highest BCUT2D eigenvalue weighted by Crippen LogP contribution is 2.44. The third-order valence-corrected chi connectivity index (χ3v) is 4.65. The van der Waals surface area contributed by atoms with Crippen LogP contribution >= 0.6 is 0 Å². The van der Waals surface area contributed by atoms with Gasteiger partial charge in [0.2, 0.25) is 5.95 Å². The molecule has 2 atom stereocenters. The highest BCUT2D eigenvalue weighted by Gasteiger charge is 2.43. The van der Waals surface area contributed by atoms with Crippen molar-refractivity contribution in [2.45, 2.75) is 31.3 Å². The summed E-state index contributed by atoms with van der Waals surface area (Å²) < 4.78 is 27.1. The van der Waals surface area contributed by atoms with Crippen LogP contribution in [0.1, 0.15) is 30.0 Å². The van der Waals surface area contributed by atoms with Crippen molar-refractivity contribution in [1.82, 2.24) is 9.88 Å². The molecule has 0 unspecified atom stereocenters. The van der Waals surface area contributed by atoms with Crippen LogP contribution in [0.15, 0.2) is 36.5 Å². The molecule has 23 heavy (non-hydrogen) atoms. The van der Waals surface area contributed by atoms with E-state index in [0.717, 1.165) is 18.4 Å². The molecule has 1 N–H and O–H groups in total. The Hall–Kier alpha value is -2.50. The minimum Gasteiger partial charge on any atom is -0.314 e. The average Bonchev–Trinajstić information content (AvgIpc) is 2.84. The second-order valence-corrected chi connectivity index (χ2v) is 5.97. The van der Waals surface area contributed by atoms with E-state index in [1.807, 2.05) is 0 Å². The second-order valence-electron chi connectivity index (χ2n) is 5.97. The summed E-state index contributed by atoms with van der Waals surface area (Å²) in [7, 11) is 0. The van der Waals surface area contributed by atoms with Gasteiger partial charge < -0.3 is 10.2 Å². The molecule has 2 bridgehead atoms. The van der Waals surface area contributed by atoms with Gasteiger partial charge in [0.05, 0.1) is 6.04 Å². The van der Waals surface area contributed by atoms with Gasteiger partial charge >= 0.3 is 6.03 Å². The van der Waals surface area contributed by atoms with Gasteiger partial charge in [-0.05, 0) is 49.1 Å². The highest BCUT2D eigenvalue weighted by molar-refractivity contribution is 5.90. The Labute approximate surface area is 132 Å². The summed E-state index contributed by atoms with van der Waals surface area (Å²) in [5, 5.41) is 2.74. The Morgan fingerprint density at radius 1 is 1.26 bits per heavy atom. The van der Waals surface area contributed by atoms with Gasteiger partial charge in [-0.25, -0.2) is 14.2 Å². The Morgan fingerprint density at radius 3 is 2.96 bits per heavy atom. The number of fused-ring (bicyclic) bond motifs is 4. The summed E-state index contributed by atoms with van der Waals surface area (Å²) in [4.78, 5) is 18.1. The van der Waals surface area contributed by atoms with Crippen molar-refractivity contribution in [3.8, 4) is 0 Å². The van der Waals surface area contributed by atoms with Crippen LogP contribution in [0.25, 0.3) is 0 Å². The van der Waals surface area contributed by atoms with Crippen LogP contribution in [-0.2, 0) is 6.42 Å². The van der Waals surface area contributed by atoms with E-state index in [1.165, 1.54) is 18.3 Å². The van der Waals surface area contributed by atoms with Gasteiger partial charge in [0.15, 0.2) is 0 Å². The minimum atomic E-state index is -0.440. The first-order valence-electron chi connectivity index (χ1n) is 7.61. The van der Waals surface area contributed by atoms with Crippen molar-refractivity contribution in [1.29, 1.82) is 0 Å². The zero-order valence-electron chi connectivity index (χ0n) is 12.3. The third-order valence-electron chi connectivity index (χ3n) is 4.65. The molecular weight excluding hydrogens is 300 g/mol. The maximum Gasteiger partial charge on any atom is 0.322 e. The molecule has 6 heteroatoms. The minimum absolute atomic E-state index is 0.0419. The summed E-state index contributed by atoms with van der Waals surface area (Å²) in [5.74, 6) is -0.840. The number of nitrogens with one attached hydrogen (secondary N) is 1. The molecule has 2 amide bonds. The molecule has 2 aliphatic heterocycles. The van der Waals surface area contributed by atoms with E-state index in [-0.39, 0.29) is 18.1 Å². The zero-order chi connectivity index (χ0) is 16.0. The van der Waals surface area contributed by atoms with Crippen LogP contribution in [0.5, 0.6) is 0 Å². The number of hydrogen-bond acceptors (Lipinski definition) is 2. The molecule has 3 heterocycles. The second kappa shape index (κ2) is 5.30. The topological polar surface area (TPSA) is 45.2 Å². The van der Waals surface area contributed by atoms with E-state index < -0.39 is 11.8 Å². The molecule has 118 valence electrons. The number of amides is 2. The van der Waals surface area contributed by atoms with Crippen molar-refractivity contribution < 1.29 is 13.6 Å². The number of benzene rings is 1. The monoisotopic (exact) mass is 315 g/mol. The summed E-state index contributed by atoms with van der Waals surface area (Å²) in [6.45, 7) is 0. The fourth-order valence-electron chi connectivity index (χ4n) is 3.68. The molecule has 1 saturated heterocycles. The quantitative estimate of drug-likeness (QED) is 0.816. The van der Waals surface area contributed by atoms with Gasteiger partial charge in [0.25, 0.3) is 0 Å². The van der Waals surface area contributed by atoms with E-state index in [9.17, 15) is 13.6 Å². The van der Waals surface area contributed by atoms with Gasteiger partial charge in [-0.15, -0.1) is 0 Å². The fraction of sp³-hybridized carbons (Fsp3) is 0.294. The lowest BCUT2D eigenvalue weighted by molar-refractivity contribution is 0.178. The lowest BCUT2D eigenvalue weighted by atomic mass is 9.95. The van der Waals surface area contributed by atoms with Crippen molar-refractivity contribution >= 4 is 11.7 Å². The van der Waals surface area contributed by atoms with E-state index >= 15 is 0 Å². The Bertz CT molecular complexity index is 780. The molecule has 0 saturated carbocycles. The Kier molecular flexibility index (Phi) is 3.25. The standard InChI is InChI=1S/C17H15F2N3O/c18-10-2-1-3-11(8-10)21-17(23)22-12-4-5-15(22)13-6-7-20-16(19)14(13)9-12/h1-3,6-8,12,15H,4-5,9H2,(H,21,23)/t12-,15+/m0/s1. The van der Waals surface area contributed by atoms with Crippen molar-refractivity contribution in [3.05, 3.63) is 59.4 Å². The Morgan fingerprint density at radius 2 is 2.13 bits per heavy atom. The van der Waals surface area contributed by atoms with Gasteiger partial charge in [0, 0.05) is 23.5 Å². The van der Waals surface area contributed by atoms with Crippen LogP contribution < -0.4 is 5.32 Å². The molecule has 1 aromatic heterocycles. The maximum absolute atomic E-state index is 13.9. The summed E-state index contributed by atoms with van der Waals surface area (Å²) in [6.07, 6.45) is 3.55. The van der Waals surface area contributed by atoms with E-state index in [4.69, 9.17) is 0 Å². The van der Waals surface area contributed by atoms with Crippen molar-refractivity contribution in [2.24, 2.45) is 0 Å². The predicted octanol–water partition coefficient (Wildman–Crippen LogP) is 3.65. The number of pyridine rings is 1. The summed E-state index contributed by atoms with van der Waals surface area (Å²) in [5.41, 5.74) is 1.87. The lowest BCUT2D eigenvalue weighted by Crippen LogP contribution is -2.44. The van der Waals surface area contributed by atoms with Crippen LogP contribution in [0.2, 0.25) is 0 Å². The smallest absolute Gasteiger partial charge is 0.314 e.